The maximum Gasteiger partial charge on any atom is 0.317 e. The number of aliphatic hydroxyl groups excluding tert-OH is 1. The fourth-order valence-electron chi connectivity index (χ4n) is 1.99. The van der Waals surface area contributed by atoms with Gasteiger partial charge in [0, 0.05) is 26.7 Å². The quantitative estimate of drug-likeness (QED) is 0.756. The molecule has 0 bridgehead atoms. The van der Waals surface area contributed by atoms with Crippen LogP contribution in [-0.4, -0.2) is 55.0 Å². The highest BCUT2D eigenvalue weighted by Gasteiger charge is 2.14. The lowest BCUT2D eigenvalue weighted by molar-refractivity contribution is 0.0118. The average molecular weight is 258 g/mol. The molecule has 2 atom stereocenters. The summed E-state index contributed by atoms with van der Waals surface area (Å²) in [5.74, 6) is 0. The predicted octanol–water partition coefficient (Wildman–Crippen LogP) is 1.36. The molecule has 1 fully saturated rings. The van der Waals surface area contributed by atoms with Gasteiger partial charge in [0.2, 0.25) is 0 Å². The van der Waals surface area contributed by atoms with Crippen LogP contribution < -0.4 is 5.32 Å². The maximum atomic E-state index is 11.7. The van der Waals surface area contributed by atoms with E-state index in [2.05, 4.69) is 5.32 Å². The Hall–Kier alpha value is -0.810. The van der Waals surface area contributed by atoms with Crippen LogP contribution in [0.25, 0.3) is 0 Å². The minimum absolute atomic E-state index is 0.0774. The fraction of sp³-hybridized carbons (Fsp3) is 0.923. The van der Waals surface area contributed by atoms with Crippen LogP contribution in [0.3, 0.4) is 0 Å². The first-order valence-corrected chi connectivity index (χ1v) is 6.88. The van der Waals surface area contributed by atoms with Crippen LogP contribution >= 0.6 is 0 Å². The standard InChI is InChI=1S/C13H26N2O3/c1-11(16)7-9-15(2)13(17)14-8-6-12-5-3-4-10-18-12/h11-12,16H,3-10H2,1-2H3,(H,14,17). The Kier molecular flexibility index (Phi) is 7.05. The molecule has 2 amide bonds. The van der Waals surface area contributed by atoms with Crippen molar-refractivity contribution in [1.82, 2.24) is 10.2 Å². The van der Waals surface area contributed by atoms with Gasteiger partial charge in [-0.2, -0.15) is 0 Å². The molecule has 0 aromatic carbocycles. The van der Waals surface area contributed by atoms with E-state index in [9.17, 15) is 4.79 Å². The van der Waals surface area contributed by atoms with Crippen molar-refractivity contribution in [2.45, 2.75) is 51.2 Å². The number of carbonyl (C=O) groups is 1. The monoisotopic (exact) mass is 258 g/mol. The summed E-state index contributed by atoms with van der Waals surface area (Å²) < 4.78 is 5.60. The van der Waals surface area contributed by atoms with E-state index in [0.717, 1.165) is 25.9 Å². The molecule has 0 aliphatic carbocycles. The Morgan fingerprint density at radius 3 is 2.94 bits per heavy atom. The van der Waals surface area contributed by atoms with Crippen molar-refractivity contribution in [2.75, 3.05) is 26.7 Å². The molecule has 0 aromatic heterocycles. The van der Waals surface area contributed by atoms with E-state index in [-0.39, 0.29) is 12.1 Å². The van der Waals surface area contributed by atoms with Crippen LogP contribution in [0, 0.1) is 0 Å². The molecule has 5 heteroatoms. The molecule has 1 rings (SSSR count). The number of hydrogen-bond donors (Lipinski definition) is 2. The van der Waals surface area contributed by atoms with Crippen molar-refractivity contribution in [1.29, 1.82) is 0 Å². The Morgan fingerprint density at radius 2 is 2.33 bits per heavy atom. The molecule has 0 saturated carbocycles. The van der Waals surface area contributed by atoms with Crippen molar-refractivity contribution in [3.8, 4) is 0 Å². The van der Waals surface area contributed by atoms with E-state index in [4.69, 9.17) is 9.84 Å². The lowest BCUT2D eigenvalue weighted by Crippen LogP contribution is -2.40. The highest BCUT2D eigenvalue weighted by molar-refractivity contribution is 5.73. The Bertz CT molecular complexity index is 240. The number of nitrogens with zero attached hydrogens (tertiary/aromatic N) is 1. The molecule has 18 heavy (non-hydrogen) atoms. The van der Waals surface area contributed by atoms with Crippen LogP contribution in [0.15, 0.2) is 0 Å². The Morgan fingerprint density at radius 1 is 1.56 bits per heavy atom. The molecule has 106 valence electrons. The third-order valence-electron chi connectivity index (χ3n) is 3.25. The lowest BCUT2D eigenvalue weighted by atomic mass is 10.1. The number of rotatable bonds is 6. The molecular weight excluding hydrogens is 232 g/mol. The molecular formula is C13H26N2O3. The van der Waals surface area contributed by atoms with Gasteiger partial charge in [-0.05, 0) is 39.0 Å². The van der Waals surface area contributed by atoms with Crippen molar-refractivity contribution >= 4 is 6.03 Å². The van der Waals surface area contributed by atoms with E-state index in [0.29, 0.717) is 25.6 Å². The van der Waals surface area contributed by atoms with Crippen LogP contribution in [0.5, 0.6) is 0 Å². The van der Waals surface area contributed by atoms with Gasteiger partial charge in [-0.15, -0.1) is 0 Å². The summed E-state index contributed by atoms with van der Waals surface area (Å²) in [4.78, 5) is 13.3. The summed E-state index contributed by atoms with van der Waals surface area (Å²) in [5, 5.41) is 12.0. The van der Waals surface area contributed by atoms with Crippen LogP contribution in [-0.2, 0) is 4.74 Å². The van der Waals surface area contributed by atoms with E-state index in [1.807, 2.05) is 0 Å². The van der Waals surface area contributed by atoms with E-state index < -0.39 is 0 Å². The second kappa shape index (κ2) is 8.32. The number of amides is 2. The minimum Gasteiger partial charge on any atom is -0.393 e. The van der Waals surface area contributed by atoms with Crippen molar-refractivity contribution in [2.24, 2.45) is 0 Å². The SMILES string of the molecule is CC(O)CCN(C)C(=O)NCCC1CCCCO1. The predicted molar refractivity (Wildman–Crippen MR) is 70.5 cm³/mol. The van der Waals surface area contributed by atoms with Gasteiger partial charge >= 0.3 is 6.03 Å². The average Bonchev–Trinajstić information content (AvgIpc) is 2.37. The third-order valence-corrected chi connectivity index (χ3v) is 3.25. The van der Waals surface area contributed by atoms with E-state index >= 15 is 0 Å². The van der Waals surface area contributed by atoms with Gasteiger partial charge in [0.15, 0.2) is 0 Å². The number of hydrogen-bond acceptors (Lipinski definition) is 3. The first kappa shape index (κ1) is 15.2. The van der Waals surface area contributed by atoms with E-state index in [1.54, 1.807) is 18.9 Å². The van der Waals surface area contributed by atoms with Gasteiger partial charge in [-0.1, -0.05) is 0 Å². The Labute approximate surface area is 109 Å². The van der Waals surface area contributed by atoms with Gasteiger partial charge in [0.25, 0.3) is 0 Å². The molecule has 0 radical (unpaired) electrons. The minimum atomic E-state index is -0.365. The van der Waals surface area contributed by atoms with Crippen molar-refractivity contribution < 1.29 is 14.6 Å². The van der Waals surface area contributed by atoms with Gasteiger partial charge in [0.1, 0.15) is 0 Å². The molecule has 2 unspecified atom stereocenters. The van der Waals surface area contributed by atoms with Gasteiger partial charge in [-0.25, -0.2) is 4.79 Å². The molecule has 1 heterocycles. The second-order valence-electron chi connectivity index (χ2n) is 5.07. The molecule has 1 aliphatic heterocycles. The number of carbonyl (C=O) groups excluding carboxylic acids is 1. The van der Waals surface area contributed by atoms with Crippen LogP contribution in [0.4, 0.5) is 4.79 Å². The van der Waals surface area contributed by atoms with Crippen LogP contribution in [0.2, 0.25) is 0 Å². The highest BCUT2D eigenvalue weighted by atomic mass is 16.5. The maximum absolute atomic E-state index is 11.7. The summed E-state index contributed by atoms with van der Waals surface area (Å²) in [6.45, 7) is 3.81. The molecule has 0 spiro atoms. The second-order valence-corrected chi connectivity index (χ2v) is 5.07. The summed E-state index contributed by atoms with van der Waals surface area (Å²) in [7, 11) is 1.74. The molecule has 5 nitrogen and oxygen atoms in total. The summed E-state index contributed by atoms with van der Waals surface area (Å²) in [6.07, 6.45) is 4.93. The number of aliphatic hydroxyl groups is 1. The lowest BCUT2D eigenvalue weighted by Gasteiger charge is -2.23. The topological polar surface area (TPSA) is 61.8 Å². The zero-order chi connectivity index (χ0) is 13.4. The summed E-state index contributed by atoms with van der Waals surface area (Å²) >= 11 is 0. The van der Waals surface area contributed by atoms with Gasteiger partial charge < -0.3 is 20.1 Å². The first-order chi connectivity index (χ1) is 8.59. The van der Waals surface area contributed by atoms with Gasteiger partial charge in [0.05, 0.1) is 12.2 Å². The molecule has 0 aromatic rings. The fourth-order valence-corrected chi connectivity index (χ4v) is 1.99. The zero-order valence-corrected chi connectivity index (χ0v) is 11.5. The van der Waals surface area contributed by atoms with Crippen molar-refractivity contribution in [3.63, 3.8) is 0 Å². The summed E-state index contributed by atoms with van der Waals surface area (Å²) in [6, 6.07) is -0.0774. The molecule has 1 saturated heterocycles. The normalized spacial score (nSPS) is 21.4. The Balaban J connectivity index is 2.08. The van der Waals surface area contributed by atoms with E-state index in [1.165, 1.54) is 6.42 Å². The number of ether oxygens (including phenoxy) is 1. The highest BCUT2D eigenvalue weighted by Crippen LogP contribution is 2.14. The molecule has 1 aliphatic rings. The van der Waals surface area contributed by atoms with Crippen molar-refractivity contribution in [3.05, 3.63) is 0 Å². The third kappa shape index (κ3) is 6.21. The largest absolute Gasteiger partial charge is 0.393 e. The van der Waals surface area contributed by atoms with Crippen LogP contribution in [0.1, 0.15) is 39.0 Å². The van der Waals surface area contributed by atoms with Gasteiger partial charge in [-0.3, -0.25) is 0 Å². The zero-order valence-electron chi connectivity index (χ0n) is 11.5. The smallest absolute Gasteiger partial charge is 0.317 e. The summed E-state index contributed by atoms with van der Waals surface area (Å²) in [5.41, 5.74) is 0. The number of urea groups is 1. The number of nitrogens with one attached hydrogen (secondary N) is 1. The first-order valence-electron chi connectivity index (χ1n) is 6.88. The molecule has 2 N–H and O–H groups in total.